The maximum absolute atomic E-state index is 12.3. The monoisotopic (exact) mass is 424 g/mol. The van der Waals surface area contributed by atoms with Crippen LogP contribution in [0, 0.1) is 0 Å². The highest BCUT2D eigenvalue weighted by Crippen LogP contribution is 2.36. The normalized spacial score (nSPS) is 10.9. The highest BCUT2D eigenvalue weighted by Gasteiger charge is 2.17. The molecular weight excluding hydrogens is 408 g/mol. The van der Waals surface area contributed by atoms with Gasteiger partial charge in [-0.25, -0.2) is 4.79 Å². The summed E-state index contributed by atoms with van der Waals surface area (Å²) in [7, 11) is 1.50. The summed E-state index contributed by atoms with van der Waals surface area (Å²) in [4.78, 5) is 24.5. The number of carbonyl (C=O) groups is 2. The standard InChI is InChI=1S/C22H17ClN2O5/c1-28-20-9-14-13-4-2-3-5-18(13)30-19(14)10-17(20)25-21(26)11-29-22(27)15-8-12(23)6-7-16(15)24/h2-10H,11,24H2,1H3,(H,25,26). The zero-order valence-corrected chi connectivity index (χ0v) is 16.7. The van der Waals surface area contributed by atoms with Crippen molar-refractivity contribution >= 4 is 56.8 Å². The Morgan fingerprint density at radius 2 is 1.87 bits per heavy atom. The second kappa shape index (κ2) is 7.96. The Bertz CT molecular complexity index is 1280. The SMILES string of the molecule is COc1cc2c(cc1NC(=O)COC(=O)c1cc(Cl)ccc1N)oc1ccccc12. The lowest BCUT2D eigenvalue weighted by Crippen LogP contribution is -2.21. The average Bonchev–Trinajstić information content (AvgIpc) is 3.10. The number of esters is 1. The number of nitrogens with one attached hydrogen (secondary N) is 1. The summed E-state index contributed by atoms with van der Waals surface area (Å²) in [6.07, 6.45) is 0. The third-order valence-corrected chi connectivity index (χ3v) is 4.78. The van der Waals surface area contributed by atoms with Crippen molar-refractivity contribution in [2.24, 2.45) is 0 Å². The number of hydrogen-bond donors (Lipinski definition) is 2. The van der Waals surface area contributed by atoms with Crippen LogP contribution in [0.1, 0.15) is 10.4 Å². The lowest BCUT2D eigenvalue weighted by atomic mass is 10.1. The lowest BCUT2D eigenvalue weighted by Gasteiger charge is -2.11. The number of ether oxygens (including phenoxy) is 2. The van der Waals surface area contributed by atoms with Crippen LogP contribution in [-0.2, 0) is 9.53 Å². The minimum atomic E-state index is -0.746. The van der Waals surface area contributed by atoms with Gasteiger partial charge in [-0.1, -0.05) is 29.8 Å². The van der Waals surface area contributed by atoms with Crippen LogP contribution < -0.4 is 15.8 Å². The van der Waals surface area contributed by atoms with Crippen LogP contribution in [0.4, 0.5) is 11.4 Å². The molecule has 8 heteroatoms. The van der Waals surface area contributed by atoms with E-state index in [2.05, 4.69) is 5.32 Å². The number of methoxy groups -OCH3 is 1. The molecule has 0 spiro atoms. The van der Waals surface area contributed by atoms with Crippen molar-refractivity contribution in [3.05, 3.63) is 65.2 Å². The van der Waals surface area contributed by atoms with Gasteiger partial charge < -0.3 is 24.9 Å². The number of anilines is 2. The van der Waals surface area contributed by atoms with Gasteiger partial charge in [0.25, 0.3) is 5.91 Å². The first-order valence-corrected chi connectivity index (χ1v) is 9.35. The number of fused-ring (bicyclic) bond motifs is 3. The van der Waals surface area contributed by atoms with Gasteiger partial charge in [0.05, 0.1) is 18.4 Å². The topological polar surface area (TPSA) is 104 Å². The van der Waals surface area contributed by atoms with Crippen molar-refractivity contribution < 1.29 is 23.5 Å². The predicted molar refractivity (Wildman–Crippen MR) is 115 cm³/mol. The molecule has 1 amide bonds. The van der Waals surface area contributed by atoms with Crippen molar-refractivity contribution in [3.8, 4) is 5.75 Å². The van der Waals surface area contributed by atoms with Gasteiger partial charge in [0.1, 0.15) is 16.9 Å². The molecule has 30 heavy (non-hydrogen) atoms. The summed E-state index contributed by atoms with van der Waals surface area (Å²) in [5.41, 5.74) is 7.78. The molecule has 7 nitrogen and oxygen atoms in total. The number of amides is 1. The van der Waals surface area contributed by atoms with E-state index in [1.807, 2.05) is 24.3 Å². The van der Waals surface area contributed by atoms with E-state index < -0.39 is 18.5 Å². The number of benzene rings is 3. The molecule has 1 aromatic heterocycles. The fourth-order valence-electron chi connectivity index (χ4n) is 3.12. The third-order valence-electron chi connectivity index (χ3n) is 4.54. The molecule has 0 saturated heterocycles. The number of halogens is 1. The fraction of sp³-hybridized carbons (Fsp3) is 0.0909. The smallest absolute Gasteiger partial charge is 0.340 e. The number of nitrogens with two attached hydrogens (primary N) is 1. The molecule has 0 bridgehead atoms. The van der Waals surface area contributed by atoms with Gasteiger partial charge in [0.2, 0.25) is 0 Å². The Balaban J connectivity index is 1.51. The van der Waals surface area contributed by atoms with Crippen LogP contribution in [0.5, 0.6) is 5.75 Å². The molecule has 0 aliphatic rings. The molecular formula is C22H17ClN2O5. The first kappa shape index (κ1) is 19.6. The number of nitrogen functional groups attached to an aromatic ring is 1. The number of para-hydroxylation sites is 1. The van der Waals surface area contributed by atoms with Gasteiger partial charge in [0.15, 0.2) is 6.61 Å². The van der Waals surface area contributed by atoms with E-state index in [4.69, 9.17) is 31.2 Å². The minimum absolute atomic E-state index is 0.0941. The van der Waals surface area contributed by atoms with E-state index in [1.54, 1.807) is 18.2 Å². The lowest BCUT2D eigenvalue weighted by molar-refractivity contribution is -0.119. The molecule has 0 fully saturated rings. The van der Waals surface area contributed by atoms with E-state index in [9.17, 15) is 9.59 Å². The number of hydrogen-bond acceptors (Lipinski definition) is 6. The molecule has 0 atom stereocenters. The van der Waals surface area contributed by atoms with Gasteiger partial charge in [-0.05, 0) is 30.3 Å². The van der Waals surface area contributed by atoms with Crippen molar-refractivity contribution in [1.82, 2.24) is 0 Å². The van der Waals surface area contributed by atoms with Crippen LogP contribution in [0.15, 0.2) is 59.0 Å². The Morgan fingerprint density at radius 3 is 2.67 bits per heavy atom. The van der Waals surface area contributed by atoms with E-state index in [0.29, 0.717) is 22.0 Å². The minimum Gasteiger partial charge on any atom is -0.495 e. The maximum atomic E-state index is 12.3. The van der Waals surface area contributed by atoms with Crippen molar-refractivity contribution in [1.29, 1.82) is 0 Å². The zero-order valence-electron chi connectivity index (χ0n) is 15.9. The third kappa shape index (κ3) is 3.75. The number of furan rings is 1. The van der Waals surface area contributed by atoms with Gasteiger partial charge in [-0.3, -0.25) is 4.79 Å². The van der Waals surface area contributed by atoms with Crippen LogP contribution in [-0.4, -0.2) is 25.6 Å². The number of carbonyl (C=O) groups excluding carboxylic acids is 2. The predicted octanol–water partition coefficient (Wildman–Crippen LogP) is 4.63. The molecule has 1 heterocycles. The summed E-state index contributed by atoms with van der Waals surface area (Å²) in [5.74, 6) is -0.838. The number of rotatable bonds is 5. The second-order valence-electron chi connectivity index (χ2n) is 6.50. The van der Waals surface area contributed by atoms with Crippen molar-refractivity contribution in [2.75, 3.05) is 24.8 Å². The van der Waals surface area contributed by atoms with Crippen molar-refractivity contribution in [3.63, 3.8) is 0 Å². The van der Waals surface area contributed by atoms with Crippen molar-refractivity contribution in [2.45, 2.75) is 0 Å². The van der Waals surface area contributed by atoms with E-state index in [1.165, 1.54) is 19.2 Å². The Hall–Kier alpha value is -3.71. The van der Waals surface area contributed by atoms with E-state index in [-0.39, 0.29) is 11.3 Å². The van der Waals surface area contributed by atoms with Crippen LogP contribution >= 0.6 is 11.6 Å². The molecule has 152 valence electrons. The average molecular weight is 425 g/mol. The molecule has 0 saturated carbocycles. The highest BCUT2D eigenvalue weighted by molar-refractivity contribution is 6.31. The molecule has 4 rings (SSSR count). The summed E-state index contributed by atoms with van der Waals surface area (Å²) < 4.78 is 16.3. The first-order chi connectivity index (χ1) is 14.5. The molecule has 0 aliphatic carbocycles. The molecule has 0 unspecified atom stereocenters. The maximum Gasteiger partial charge on any atom is 0.340 e. The quantitative estimate of drug-likeness (QED) is 0.357. The molecule has 0 radical (unpaired) electrons. The van der Waals surface area contributed by atoms with Gasteiger partial charge in [-0.15, -0.1) is 0 Å². The summed E-state index contributed by atoms with van der Waals surface area (Å²) in [5, 5.41) is 4.82. The van der Waals surface area contributed by atoms with E-state index in [0.717, 1.165) is 16.4 Å². The molecule has 3 aromatic carbocycles. The van der Waals surface area contributed by atoms with Crippen LogP contribution in [0.3, 0.4) is 0 Å². The molecule has 3 N–H and O–H groups in total. The first-order valence-electron chi connectivity index (χ1n) is 8.97. The van der Waals surface area contributed by atoms with E-state index >= 15 is 0 Å². The Kier molecular flexibility index (Phi) is 5.20. The van der Waals surface area contributed by atoms with Gasteiger partial charge in [-0.2, -0.15) is 0 Å². The highest BCUT2D eigenvalue weighted by atomic mass is 35.5. The Morgan fingerprint density at radius 1 is 1.07 bits per heavy atom. The summed E-state index contributed by atoms with van der Waals surface area (Å²) in [6.45, 7) is -0.508. The Labute approximate surface area is 176 Å². The molecule has 4 aromatic rings. The van der Waals surface area contributed by atoms with Crippen LogP contribution in [0.2, 0.25) is 5.02 Å². The second-order valence-corrected chi connectivity index (χ2v) is 6.94. The largest absolute Gasteiger partial charge is 0.495 e. The fourth-order valence-corrected chi connectivity index (χ4v) is 3.29. The zero-order chi connectivity index (χ0) is 21.3. The summed E-state index contributed by atoms with van der Waals surface area (Å²) >= 11 is 5.88. The molecule has 0 aliphatic heterocycles. The van der Waals surface area contributed by atoms with Gasteiger partial charge >= 0.3 is 5.97 Å². The van der Waals surface area contributed by atoms with Crippen LogP contribution in [0.25, 0.3) is 21.9 Å². The van der Waals surface area contributed by atoms with Gasteiger partial charge in [0, 0.05) is 27.5 Å². The summed E-state index contributed by atoms with van der Waals surface area (Å²) in [6, 6.07) is 15.5.